The van der Waals surface area contributed by atoms with Crippen molar-refractivity contribution in [1.29, 1.82) is 0 Å². The molecule has 0 aliphatic carbocycles. The zero-order valence-electron chi connectivity index (χ0n) is 14.3. The molecule has 9 heteroatoms. The molecule has 2 heterocycles. The number of aryl methyl sites for hydroxylation is 1. The number of thioether (sulfide) groups is 1. The molecule has 132 valence electrons. The monoisotopic (exact) mass is 370 g/mol. The molecule has 0 bridgehead atoms. The first-order valence-corrected chi connectivity index (χ1v) is 10.2. The van der Waals surface area contributed by atoms with Crippen LogP contribution in [-0.2, 0) is 16.4 Å². The van der Waals surface area contributed by atoms with Crippen molar-refractivity contribution in [1.82, 2.24) is 19.4 Å². The molecule has 0 aromatic carbocycles. The first-order valence-electron chi connectivity index (χ1n) is 7.87. The molecule has 0 spiro atoms. The molecule has 0 amide bonds. The van der Waals surface area contributed by atoms with E-state index in [9.17, 15) is 8.42 Å². The molecular formula is C15H22N4O3S2. The average molecular weight is 371 g/mol. The molecule has 0 saturated carbocycles. The van der Waals surface area contributed by atoms with E-state index in [4.69, 9.17) is 4.52 Å². The van der Waals surface area contributed by atoms with Crippen LogP contribution in [0.25, 0.3) is 0 Å². The van der Waals surface area contributed by atoms with E-state index in [1.807, 2.05) is 27.7 Å². The largest absolute Gasteiger partial charge is 0.338 e. The molecule has 1 unspecified atom stereocenters. The Labute approximate surface area is 146 Å². The number of pyridine rings is 1. The van der Waals surface area contributed by atoms with E-state index in [1.165, 1.54) is 22.3 Å². The topological polar surface area (TPSA) is 89.2 Å². The van der Waals surface area contributed by atoms with Gasteiger partial charge in [-0.3, -0.25) is 0 Å². The van der Waals surface area contributed by atoms with Crippen molar-refractivity contribution < 1.29 is 12.9 Å². The summed E-state index contributed by atoms with van der Waals surface area (Å²) in [5.41, 5.74) is 0. The molecular weight excluding hydrogens is 348 g/mol. The Hall–Kier alpha value is -1.45. The van der Waals surface area contributed by atoms with E-state index in [1.54, 1.807) is 12.1 Å². The summed E-state index contributed by atoms with van der Waals surface area (Å²) in [6.07, 6.45) is 2.12. The third kappa shape index (κ3) is 4.14. The Kier molecular flexibility index (Phi) is 6.36. The SMILES string of the molecule is CCc1noc(C(C)Sc2ccc(S(=O)(=O)N(CC)CC)cn2)n1. The molecule has 7 nitrogen and oxygen atoms in total. The van der Waals surface area contributed by atoms with Gasteiger partial charge in [-0.25, -0.2) is 13.4 Å². The third-order valence-corrected chi connectivity index (χ3v) is 6.57. The molecule has 0 fully saturated rings. The van der Waals surface area contributed by atoms with Crippen LogP contribution in [0, 0.1) is 0 Å². The van der Waals surface area contributed by atoms with E-state index in [0.29, 0.717) is 29.8 Å². The van der Waals surface area contributed by atoms with Crippen molar-refractivity contribution in [2.45, 2.75) is 49.3 Å². The van der Waals surface area contributed by atoms with Gasteiger partial charge in [0.25, 0.3) is 0 Å². The zero-order chi connectivity index (χ0) is 17.7. The quantitative estimate of drug-likeness (QED) is 0.660. The number of hydrogen-bond donors (Lipinski definition) is 0. The summed E-state index contributed by atoms with van der Waals surface area (Å²) in [5.74, 6) is 1.21. The maximum Gasteiger partial charge on any atom is 0.244 e. The molecule has 0 aliphatic rings. The van der Waals surface area contributed by atoms with Gasteiger partial charge in [-0.2, -0.15) is 9.29 Å². The van der Waals surface area contributed by atoms with E-state index in [-0.39, 0.29) is 10.1 Å². The van der Waals surface area contributed by atoms with Crippen LogP contribution in [0.15, 0.2) is 32.8 Å². The van der Waals surface area contributed by atoms with Crippen molar-refractivity contribution in [3.63, 3.8) is 0 Å². The highest BCUT2D eigenvalue weighted by Crippen LogP contribution is 2.33. The van der Waals surface area contributed by atoms with Gasteiger partial charge in [-0.1, -0.05) is 37.7 Å². The van der Waals surface area contributed by atoms with Gasteiger partial charge in [0, 0.05) is 25.7 Å². The Balaban J connectivity index is 2.12. The highest BCUT2D eigenvalue weighted by Gasteiger charge is 2.22. The average Bonchev–Trinajstić information content (AvgIpc) is 3.05. The van der Waals surface area contributed by atoms with Crippen molar-refractivity contribution in [2.75, 3.05) is 13.1 Å². The van der Waals surface area contributed by atoms with Gasteiger partial charge in [0.15, 0.2) is 5.82 Å². The van der Waals surface area contributed by atoms with Crippen molar-refractivity contribution >= 4 is 21.8 Å². The summed E-state index contributed by atoms with van der Waals surface area (Å²) < 4.78 is 31.5. The Morgan fingerprint density at radius 3 is 2.46 bits per heavy atom. The lowest BCUT2D eigenvalue weighted by atomic mass is 10.4. The summed E-state index contributed by atoms with van der Waals surface area (Å²) >= 11 is 1.44. The van der Waals surface area contributed by atoms with Crippen molar-refractivity contribution in [3.8, 4) is 0 Å². The van der Waals surface area contributed by atoms with Gasteiger partial charge in [0.1, 0.15) is 4.90 Å². The second kappa shape index (κ2) is 8.09. The van der Waals surface area contributed by atoms with Crippen LogP contribution in [-0.4, -0.2) is 40.9 Å². The number of aromatic nitrogens is 3. The van der Waals surface area contributed by atoms with E-state index in [2.05, 4.69) is 15.1 Å². The fraction of sp³-hybridized carbons (Fsp3) is 0.533. The zero-order valence-corrected chi connectivity index (χ0v) is 15.9. The van der Waals surface area contributed by atoms with Crippen LogP contribution in [0.4, 0.5) is 0 Å². The lowest BCUT2D eigenvalue weighted by Gasteiger charge is -2.18. The van der Waals surface area contributed by atoms with Gasteiger partial charge in [0.2, 0.25) is 15.9 Å². The standard InChI is InChI=1S/C15H22N4O3S2/c1-5-13-17-15(22-18-13)11(4)23-14-9-8-12(10-16-14)24(20,21)19(6-2)7-3/h8-11H,5-7H2,1-4H3. The second-order valence-electron chi connectivity index (χ2n) is 5.08. The van der Waals surface area contributed by atoms with Crippen LogP contribution in [0.5, 0.6) is 0 Å². The molecule has 24 heavy (non-hydrogen) atoms. The molecule has 2 aromatic heterocycles. The molecule has 0 saturated heterocycles. The lowest BCUT2D eigenvalue weighted by Crippen LogP contribution is -2.30. The van der Waals surface area contributed by atoms with Crippen LogP contribution >= 0.6 is 11.8 Å². The van der Waals surface area contributed by atoms with E-state index in [0.717, 1.165) is 6.42 Å². The third-order valence-electron chi connectivity index (χ3n) is 3.50. The van der Waals surface area contributed by atoms with Gasteiger partial charge in [-0.05, 0) is 19.1 Å². The first-order chi connectivity index (χ1) is 11.4. The van der Waals surface area contributed by atoms with E-state index < -0.39 is 10.0 Å². The molecule has 0 aliphatic heterocycles. The molecule has 2 rings (SSSR count). The number of nitrogens with zero attached hydrogens (tertiary/aromatic N) is 4. The Morgan fingerprint density at radius 1 is 1.25 bits per heavy atom. The minimum atomic E-state index is -3.48. The van der Waals surface area contributed by atoms with Gasteiger partial charge < -0.3 is 4.52 Å². The van der Waals surface area contributed by atoms with Gasteiger partial charge in [-0.15, -0.1) is 0 Å². The summed E-state index contributed by atoms with van der Waals surface area (Å²) in [7, 11) is -3.48. The Bertz CT molecular complexity index is 755. The number of hydrogen-bond acceptors (Lipinski definition) is 7. The summed E-state index contributed by atoms with van der Waals surface area (Å²) in [6, 6.07) is 3.29. The Morgan fingerprint density at radius 2 is 1.96 bits per heavy atom. The normalized spacial score (nSPS) is 13.4. The highest BCUT2D eigenvalue weighted by molar-refractivity contribution is 7.99. The maximum absolute atomic E-state index is 12.4. The van der Waals surface area contributed by atoms with Gasteiger partial charge in [0.05, 0.1) is 10.3 Å². The van der Waals surface area contributed by atoms with Gasteiger partial charge >= 0.3 is 0 Å². The summed E-state index contributed by atoms with van der Waals surface area (Å²) in [5, 5.41) is 4.52. The fourth-order valence-electron chi connectivity index (χ4n) is 2.11. The second-order valence-corrected chi connectivity index (χ2v) is 8.38. The predicted molar refractivity (Wildman–Crippen MR) is 92.3 cm³/mol. The van der Waals surface area contributed by atoms with Crippen LogP contribution < -0.4 is 0 Å². The summed E-state index contributed by atoms with van der Waals surface area (Å²) in [4.78, 5) is 8.76. The molecule has 1 atom stereocenters. The first kappa shape index (κ1) is 18.9. The van der Waals surface area contributed by atoms with E-state index >= 15 is 0 Å². The number of sulfonamides is 1. The van der Waals surface area contributed by atoms with Crippen molar-refractivity contribution in [2.24, 2.45) is 0 Å². The number of rotatable bonds is 8. The molecule has 0 radical (unpaired) electrons. The van der Waals surface area contributed by atoms with Crippen LogP contribution in [0.1, 0.15) is 44.7 Å². The minimum absolute atomic E-state index is 0.0597. The lowest BCUT2D eigenvalue weighted by molar-refractivity contribution is 0.375. The molecule has 2 aromatic rings. The van der Waals surface area contributed by atoms with Crippen molar-refractivity contribution in [3.05, 3.63) is 30.0 Å². The summed E-state index contributed by atoms with van der Waals surface area (Å²) in [6.45, 7) is 8.40. The fourth-order valence-corrected chi connectivity index (χ4v) is 4.33. The van der Waals surface area contributed by atoms with Crippen LogP contribution in [0.3, 0.4) is 0 Å². The highest BCUT2D eigenvalue weighted by atomic mass is 32.2. The van der Waals surface area contributed by atoms with Crippen LogP contribution in [0.2, 0.25) is 0 Å². The predicted octanol–water partition coefficient (Wildman–Crippen LogP) is 2.91. The molecule has 0 N–H and O–H groups in total. The maximum atomic E-state index is 12.4. The smallest absolute Gasteiger partial charge is 0.244 e. The minimum Gasteiger partial charge on any atom is -0.338 e.